The minimum atomic E-state index is -1.81. The number of nitrogens with zero attached hydrogens (tertiary/aromatic N) is 4. The van der Waals surface area contributed by atoms with Crippen LogP contribution in [0, 0.1) is 5.82 Å². The molecule has 50 heavy (non-hydrogen) atoms. The maximum atomic E-state index is 14.3. The number of nitrogen functional groups attached to an aromatic ring is 1. The Morgan fingerprint density at radius 2 is 1.94 bits per heavy atom. The number of likely N-dealkylation sites (tertiary alicyclic amines) is 1. The number of oxime groups is 1. The summed E-state index contributed by atoms with van der Waals surface area (Å²) in [6, 6.07) is 0.878. The van der Waals surface area contributed by atoms with Crippen LogP contribution in [0.2, 0.25) is 0 Å². The number of benzene rings is 1. The molecule has 2 fully saturated rings. The van der Waals surface area contributed by atoms with Gasteiger partial charge < -0.3 is 50.9 Å². The van der Waals surface area contributed by atoms with Crippen molar-refractivity contribution in [3.05, 3.63) is 45.9 Å². The van der Waals surface area contributed by atoms with Gasteiger partial charge in [-0.05, 0) is 26.0 Å². The number of anilines is 1. The van der Waals surface area contributed by atoms with E-state index in [-0.39, 0.29) is 35.4 Å². The first-order valence-electron chi connectivity index (χ1n) is 15.3. The van der Waals surface area contributed by atoms with E-state index >= 15 is 0 Å². The number of rotatable bonds is 13. The number of carbonyl (C=O) groups excluding carboxylic acids is 4. The van der Waals surface area contributed by atoms with Gasteiger partial charge in [0, 0.05) is 29.5 Å². The van der Waals surface area contributed by atoms with Crippen LogP contribution >= 0.6 is 23.1 Å². The van der Waals surface area contributed by atoms with Crippen molar-refractivity contribution in [3.8, 4) is 11.5 Å². The number of hydrogen-bond acceptors (Lipinski definition) is 14. The first-order valence-corrected chi connectivity index (χ1v) is 17.2. The van der Waals surface area contributed by atoms with Crippen molar-refractivity contribution in [2.24, 2.45) is 5.16 Å². The predicted molar refractivity (Wildman–Crippen MR) is 174 cm³/mol. The molecule has 0 radical (unpaired) electrons. The average molecular weight is 736 g/mol. The number of amides is 3. The van der Waals surface area contributed by atoms with Gasteiger partial charge in [-0.1, -0.05) is 5.16 Å². The fraction of sp³-hybridized carbons (Fsp3) is 0.433. The third kappa shape index (κ3) is 7.17. The van der Waals surface area contributed by atoms with Gasteiger partial charge in [-0.3, -0.25) is 19.3 Å². The lowest BCUT2D eigenvalue weighted by molar-refractivity contribution is -0.911. The highest BCUT2D eigenvalue weighted by Gasteiger charge is 2.54. The van der Waals surface area contributed by atoms with Crippen LogP contribution in [0.15, 0.2) is 33.9 Å². The van der Waals surface area contributed by atoms with Crippen LogP contribution in [0.4, 0.5) is 9.52 Å². The second-order valence-electron chi connectivity index (χ2n) is 12.4. The summed E-state index contributed by atoms with van der Waals surface area (Å²) >= 11 is 2.23. The lowest BCUT2D eigenvalue weighted by Gasteiger charge is -2.51. The molecule has 0 spiro atoms. The third-order valence-corrected chi connectivity index (χ3v) is 10.7. The number of phenols is 2. The molecule has 0 unspecified atom stereocenters. The molecule has 5 rings (SSSR count). The largest absolute Gasteiger partial charge is 0.543 e. The lowest BCUT2D eigenvalue weighted by atomic mass is 10.0. The molecule has 2 aromatic rings. The molecule has 0 bridgehead atoms. The summed E-state index contributed by atoms with van der Waals surface area (Å²) in [5.74, 6) is -8.17. The molecular weight excluding hydrogens is 702 g/mol. The molecule has 17 nitrogen and oxygen atoms in total. The Bertz CT molecular complexity index is 1810. The van der Waals surface area contributed by atoms with Gasteiger partial charge >= 0.3 is 5.97 Å². The molecule has 0 aliphatic carbocycles. The van der Waals surface area contributed by atoms with E-state index in [0.29, 0.717) is 29.7 Å². The van der Waals surface area contributed by atoms with Crippen molar-refractivity contribution in [3.63, 3.8) is 0 Å². The Hall–Kier alpha value is -4.95. The summed E-state index contributed by atoms with van der Waals surface area (Å²) in [4.78, 5) is 73.6. The van der Waals surface area contributed by atoms with Crippen LogP contribution in [0.1, 0.15) is 42.7 Å². The number of hydrogen-bond donors (Lipinski definition) is 6. The molecule has 3 aliphatic rings. The zero-order chi connectivity index (χ0) is 36.5. The molecule has 20 heteroatoms. The smallest absolute Gasteiger partial charge is 0.350 e. The number of quaternary nitrogens is 1. The molecule has 7 N–H and O–H groups in total. The Labute approximate surface area is 292 Å². The summed E-state index contributed by atoms with van der Waals surface area (Å²) in [6.45, 7) is 4.41. The van der Waals surface area contributed by atoms with Crippen molar-refractivity contribution >= 4 is 63.6 Å². The summed E-state index contributed by atoms with van der Waals surface area (Å²) < 4.78 is 14.7. The standard InChI is InChI=1S/C30H34FN7O10S2/c1-30(2,28(46)47)48-36-19(16-13-50-29(32)34-16)24(42)35-20-25(43)37-21(27(44)45)14(12-49-26(20)37)11-38(8-3-4-9-38)10-7-33-23(41)15-5-6-17(39)22(40)18(15)31/h5-6,13,20,26H,3-4,7-12H2,1-2H3,(H7-,32,33,34,35,36,39,40,41,42,44,45,46,47)/t20-,26-/m1/s1. The van der Waals surface area contributed by atoms with E-state index in [2.05, 4.69) is 20.8 Å². The maximum Gasteiger partial charge on any atom is 0.350 e. The van der Waals surface area contributed by atoms with E-state index < -0.39 is 75.3 Å². The number of aromatic nitrogens is 1. The Morgan fingerprint density at radius 3 is 2.56 bits per heavy atom. The number of aliphatic carboxylic acids is 2. The molecule has 2 atom stereocenters. The number of carboxylic acids is 2. The van der Waals surface area contributed by atoms with Crippen LogP contribution in [0.5, 0.6) is 11.5 Å². The zero-order valence-electron chi connectivity index (χ0n) is 26.8. The fourth-order valence-corrected chi connectivity index (χ4v) is 7.79. The first kappa shape index (κ1) is 36.3. The molecule has 4 heterocycles. The van der Waals surface area contributed by atoms with Gasteiger partial charge in [-0.15, -0.1) is 23.1 Å². The number of carbonyl (C=O) groups is 5. The highest BCUT2D eigenvalue weighted by molar-refractivity contribution is 8.00. The predicted octanol–water partition coefficient (Wildman–Crippen LogP) is -0.696. The van der Waals surface area contributed by atoms with Gasteiger partial charge in [0.15, 0.2) is 28.2 Å². The minimum Gasteiger partial charge on any atom is -0.543 e. The van der Waals surface area contributed by atoms with Crippen LogP contribution < -0.4 is 21.5 Å². The van der Waals surface area contributed by atoms with Crippen LogP contribution in [-0.2, 0) is 24.0 Å². The van der Waals surface area contributed by atoms with Crippen molar-refractivity contribution in [1.29, 1.82) is 0 Å². The van der Waals surface area contributed by atoms with E-state index in [0.717, 1.165) is 41.2 Å². The highest BCUT2D eigenvalue weighted by Crippen LogP contribution is 2.41. The minimum absolute atomic E-state index is 0.0223. The van der Waals surface area contributed by atoms with Gasteiger partial charge in [0.25, 0.3) is 17.7 Å². The molecule has 1 aromatic carbocycles. The molecular formula is C30H34FN7O10S2. The second kappa shape index (κ2) is 14.1. The summed E-state index contributed by atoms with van der Waals surface area (Å²) in [7, 11) is 0. The Morgan fingerprint density at radius 1 is 1.24 bits per heavy atom. The maximum absolute atomic E-state index is 14.3. The molecule has 0 saturated carbocycles. The van der Waals surface area contributed by atoms with E-state index in [1.54, 1.807) is 0 Å². The SMILES string of the molecule is CC(C)(O/N=C(\C(=O)N[C@@H]1C(=O)N2C(C(=O)[O-])=C(C[N+]3(CCNC(=O)c4ccc(O)c(O)c4F)CCCC3)CS[C@H]12)c1csc(N)n1)C(=O)O. The highest BCUT2D eigenvalue weighted by atomic mass is 32.2. The van der Waals surface area contributed by atoms with Crippen LogP contribution in [-0.4, -0.2) is 121 Å². The van der Waals surface area contributed by atoms with Crippen LogP contribution in [0.3, 0.4) is 0 Å². The number of nitrogens with one attached hydrogen (secondary N) is 2. The van der Waals surface area contributed by atoms with E-state index in [4.69, 9.17) is 10.6 Å². The third-order valence-electron chi connectivity index (χ3n) is 8.64. The van der Waals surface area contributed by atoms with Crippen molar-refractivity contribution in [2.75, 3.05) is 44.2 Å². The van der Waals surface area contributed by atoms with Crippen molar-refractivity contribution in [2.45, 2.75) is 43.7 Å². The molecule has 268 valence electrons. The number of aromatic hydroxyl groups is 2. The van der Waals surface area contributed by atoms with Gasteiger partial charge in [0.05, 0.1) is 43.4 Å². The monoisotopic (exact) mass is 735 g/mol. The normalized spacial score (nSPS) is 20.2. The fourth-order valence-electron chi connectivity index (χ4n) is 5.91. The summed E-state index contributed by atoms with van der Waals surface area (Å²) in [5.41, 5.74) is 3.13. The van der Waals surface area contributed by atoms with E-state index in [1.807, 2.05) is 0 Å². The molecule has 1 aromatic heterocycles. The van der Waals surface area contributed by atoms with E-state index in [1.165, 1.54) is 31.0 Å². The lowest BCUT2D eigenvalue weighted by Crippen LogP contribution is -2.72. The van der Waals surface area contributed by atoms with Gasteiger partial charge in [-0.2, -0.15) is 0 Å². The summed E-state index contributed by atoms with van der Waals surface area (Å²) in [5, 5.41) is 50.5. The molecule has 3 amide bonds. The number of nitrogens with two attached hydrogens (primary N) is 1. The van der Waals surface area contributed by atoms with Gasteiger partial charge in [-0.25, -0.2) is 14.2 Å². The number of thiazole rings is 1. The van der Waals surface area contributed by atoms with Crippen LogP contribution in [0.25, 0.3) is 0 Å². The number of halogens is 1. The van der Waals surface area contributed by atoms with Gasteiger partial charge in [0.1, 0.15) is 23.7 Å². The topological polar surface area (TPSA) is 257 Å². The average Bonchev–Trinajstić information content (AvgIpc) is 3.71. The van der Waals surface area contributed by atoms with Crippen molar-refractivity contribution < 1.29 is 58.1 Å². The molecule has 3 aliphatic heterocycles. The number of β-lactam (4-membered cyclic amide) rings is 1. The zero-order valence-corrected chi connectivity index (χ0v) is 28.4. The van der Waals surface area contributed by atoms with E-state index in [9.17, 15) is 48.8 Å². The van der Waals surface area contributed by atoms with Gasteiger partial charge in [0.2, 0.25) is 5.60 Å². The number of thioether (sulfide) groups is 1. The Balaban J connectivity index is 1.29. The quantitative estimate of drug-likeness (QED) is 0.0490. The number of phenolic OH excluding ortho intramolecular Hbond substituents is 2. The molecule has 2 saturated heterocycles. The van der Waals surface area contributed by atoms with Crippen molar-refractivity contribution in [1.82, 2.24) is 20.5 Å². The Kier molecular flexibility index (Phi) is 10.3. The second-order valence-corrected chi connectivity index (χ2v) is 14.4. The number of carboxylic acid groups (broad SMARTS) is 2. The number of fused-ring (bicyclic) bond motifs is 1. The first-order chi connectivity index (χ1) is 23.5. The summed E-state index contributed by atoms with van der Waals surface area (Å²) in [6.07, 6.45) is 1.66.